The molecule has 0 bridgehead atoms. The molecule has 1 saturated heterocycles. The molecule has 0 saturated carbocycles. The number of pyridine rings is 1. The van der Waals surface area contributed by atoms with Crippen LogP contribution in [0.5, 0.6) is 0 Å². The number of halogens is 1. The first-order chi connectivity index (χ1) is 9.56. The van der Waals surface area contributed by atoms with Crippen LogP contribution in [0.3, 0.4) is 0 Å². The molecule has 6 nitrogen and oxygen atoms in total. The van der Waals surface area contributed by atoms with Crippen molar-refractivity contribution in [3.8, 4) is 0 Å². The zero-order chi connectivity index (χ0) is 14.5. The van der Waals surface area contributed by atoms with Crippen molar-refractivity contribution in [3.05, 3.63) is 33.2 Å². The minimum atomic E-state index is -0.349. The SMILES string of the molecule is O=C(Cn1cc(Br)ccc1=O)NCC(=O)N1CCCC1. The molecule has 2 rings (SSSR count). The molecule has 2 amide bonds. The van der Waals surface area contributed by atoms with Gasteiger partial charge in [0.2, 0.25) is 11.8 Å². The molecule has 1 aromatic heterocycles. The van der Waals surface area contributed by atoms with Gasteiger partial charge in [-0.3, -0.25) is 14.4 Å². The Morgan fingerprint density at radius 3 is 2.65 bits per heavy atom. The maximum absolute atomic E-state index is 11.8. The molecule has 0 aromatic carbocycles. The Morgan fingerprint density at radius 2 is 1.95 bits per heavy atom. The topological polar surface area (TPSA) is 71.4 Å². The molecule has 7 heteroatoms. The lowest BCUT2D eigenvalue weighted by molar-refractivity contribution is -0.132. The Labute approximate surface area is 124 Å². The van der Waals surface area contributed by atoms with E-state index in [1.165, 1.54) is 10.6 Å². The zero-order valence-electron chi connectivity index (χ0n) is 11.0. The Hall–Kier alpha value is -1.63. The molecule has 1 aliphatic heterocycles. The molecule has 1 aromatic rings. The zero-order valence-corrected chi connectivity index (χ0v) is 12.6. The van der Waals surface area contributed by atoms with Gasteiger partial charge in [0.1, 0.15) is 6.54 Å². The molecular weight excluding hydrogens is 326 g/mol. The molecule has 0 atom stereocenters. The van der Waals surface area contributed by atoms with E-state index in [2.05, 4.69) is 21.2 Å². The van der Waals surface area contributed by atoms with E-state index in [4.69, 9.17) is 0 Å². The van der Waals surface area contributed by atoms with Gasteiger partial charge in [-0.15, -0.1) is 0 Å². The van der Waals surface area contributed by atoms with Crippen molar-refractivity contribution < 1.29 is 9.59 Å². The van der Waals surface area contributed by atoms with Crippen LogP contribution in [0.2, 0.25) is 0 Å². The Morgan fingerprint density at radius 1 is 1.25 bits per heavy atom. The van der Waals surface area contributed by atoms with E-state index < -0.39 is 0 Å². The first-order valence-electron chi connectivity index (χ1n) is 6.47. The van der Waals surface area contributed by atoms with Crippen molar-refractivity contribution >= 4 is 27.7 Å². The van der Waals surface area contributed by atoms with Gasteiger partial charge < -0.3 is 14.8 Å². The standard InChI is InChI=1S/C13H16BrN3O3/c14-10-3-4-12(19)17(8-10)9-11(18)15-7-13(20)16-5-1-2-6-16/h3-4,8H,1-2,5-7,9H2,(H,15,18). The summed E-state index contributed by atoms with van der Waals surface area (Å²) in [4.78, 5) is 36.8. The highest BCUT2D eigenvalue weighted by Gasteiger charge is 2.18. The lowest BCUT2D eigenvalue weighted by Gasteiger charge is -2.15. The highest BCUT2D eigenvalue weighted by molar-refractivity contribution is 9.10. The van der Waals surface area contributed by atoms with Crippen LogP contribution in [0, 0.1) is 0 Å². The molecule has 1 N–H and O–H groups in total. The number of nitrogens with one attached hydrogen (secondary N) is 1. The van der Waals surface area contributed by atoms with E-state index in [0.29, 0.717) is 0 Å². The number of rotatable bonds is 4. The molecule has 0 unspecified atom stereocenters. The number of likely N-dealkylation sites (tertiary alicyclic amines) is 1. The maximum atomic E-state index is 11.8. The highest BCUT2D eigenvalue weighted by Crippen LogP contribution is 2.07. The van der Waals surface area contributed by atoms with E-state index in [-0.39, 0.29) is 30.5 Å². The number of hydrogen-bond acceptors (Lipinski definition) is 3. The van der Waals surface area contributed by atoms with Crippen molar-refractivity contribution in [2.24, 2.45) is 0 Å². The van der Waals surface area contributed by atoms with Gasteiger partial charge in [0.05, 0.1) is 6.54 Å². The summed E-state index contributed by atoms with van der Waals surface area (Å²) < 4.78 is 2.01. The second kappa shape index (κ2) is 6.69. The lowest BCUT2D eigenvalue weighted by Crippen LogP contribution is -2.40. The Bertz CT molecular complexity index is 564. The summed E-state index contributed by atoms with van der Waals surface area (Å²) >= 11 is 3.24. The largest absolute Gasteiger partial charge is 0.345 e. The third-order valence-electron chi connectivity index (χ3n) is 3.16. The van der Waals surface area contributed by atoms with Crippen LogP contribution in [0.1, 0.15) is 12.8 Å². The second-order valence-electron chi connectivity index (χ2n) is 4.68. The van der Waals surface area contributed by atoms with Gasteiger partial charge >= 0.3 is 0 Å². The fraction of sp³-hybridized carbons (Fsp3) is 0.462. The summed E-state index contributed by atoms with van der Waals surface area (Å²) in [6, 6.07) is 3.00. The van der Waals surface area contributed by atoms with Crippen molar-refractivity contribution in [1.82, 2.24) is 14.8 Å². The van der Waals surface area contributed by atoms with Crippen molar-refractivity contribution in [2.75, 3.05) is 19.6 Å². The van der Waals surface area contributed by atoms with E-state index in [1.807, 2.05) is 0 Å². The van der Waals surface area contributed by atoms with Crippen LogP contribution in [0.15, 0.2) is 27.6 Å². The number of hydrogen-bond donors (Lipinski definition) is 1. The normalized spacial score (nSPS) is 14.3. The number of amides is 2. The van der Waals surface area contributed by atoms with Gasteiger partial charge in [0, 0.05) is 29.8 Å². The van der Waals surface area contributed by atoms with E-state index >= 15 is 0 Å². The van der Waals surface area contributed by atoms with Crippen LogP contribution in [-0.2, 0) is 16.1 Å². The average molecular weight is 342 g/mol. The summed E-state index contributed by atoms with van der Waals surface area (Å²) in [5, 5.41) is 2.55. The van der Waals surface area contributed by atoms with Gasteiger partial charge in [-0.25, -0.2) is 0 Å². The summed E-state index contributed by atoms with van der Waals surface area (Å²) in [6.07, 6.45) is 3.59. The van der Waals surface area contributed by atoms with Crippen molar-refractivity contribution in [3.63, 3.8) is 0 Å². The molecular formula is C13H16BrN3O3. The Balaban J connectivity index is 1.84. The average Bonchev–Trinajstić information content (AvgIpc) is 2.94. The van der Waals surface area contributed by atoms with Crippen LogP contribution in [0.4, 0.5) is 0 Å². The second-order valence-corrected chi connectivity index (χ2v) is 5.59. The first kappa shape index (κ1) is 14.8. The van der Waals surface area contributed by atoms with Crippen molar-refractivity contribution in [2.45, 2.75) is 19.4 Å². The van der Waals surface area contributed by atoms with E-state index in [9.17, 15) is 14.4 Å². The fourth-order valence-electron chi connectivity index (χ4n) is 2.09. The van der Waals surface area contributed by atoms with Gasteiger partial charge in [-0.1, -0.05) is 0 Å². The fourth-order valence-corrected chi connectivity index (χ4v) is 2.47. The monoisotopic (exact) mass is 341 g/mol. The Kier molecular flexibility index (Phi) is 4.94. The van der Waals surface area contributed by atoms with Gasteiger partial charge in [0.15, 0.2) is 0 Å². The molecule has 0 aliphatic carbocycles. The number of carbonyl (C=O) groups is 2. The van der Waals surface area contributed by atoms with Crippen molar-refractivity contribution in [1.29, 1.82) is 0 Å². The predicted molar refractivity (Wildman–Crippen MR) is 77.2 cm³/mol. The predicted octanol–water partition coefficient (Wildman–Crippen LogP) is 0.349. The van der Waals surface area contributed by atoms with Gasteiger partial charge in [-0.05, 0) is 34.8 Å². The van der Waals surface area contributed by atoms with Crippen LogP contribution in [-0.4, -0.2) is 40.9 Å². The molecule has 20 heavy (non-hydrogen) atoms. The molecule has 0 radical (unpaired) electrons. The molecule has 1 aliphatic rings. The summed E-state index contributed by atoms with van der Waals surface area (Å²) in [5.41, 5.74) is -0.255. The minimum Gasteiger partial charge on any atom is -0.345 e. The highest BCUT2D eigenvalue weighted by atomic mass is 79.9. The molecule has 0 spiro atoms. The van der Waals surface area contributed by atoms with Gasteiger partial charge in [-0.2, -0.15) is 0 Å². The van der Waals surface area contributed by atoms with E-state index in [0.717, 1.165) is 30.4 Å². The molecule has 108 valence electrons. The summed E-state index contributed by atoms with van der Waals surface area (Å²) in [6.45, 7) is 1.42. The summed E-state index contributed by atoms with van der Waals surface area (Å²) in [7, 11) is 0. The lowest BCUT2D eigenvalue weighted by atomic mass is 10.4. The van der Waals surface area contributed by atoms with Crippen LogP contribution < -0.4 is 10.9 Å². The number of nitrogens with zero attached hydrogens (tertiary/aromatic N) is 2. The maximum Gasteiger partial charge on any atom is 0.251 e. The number of aromatic nitrogens is 1. The smallest absolute Gasteiger partial charge is 0.251 e. The number of carbonyl (C=O) groups excluding carboxylic acids is 2. The summed E-state index contributed by atoms with van der Waals surface area (Å²) in [5.74, 6) is -0.421. The molecule has 1 fully saturated rings. The van der Waals surface area contributed by atoms with Gasteiger partial charge in [0.25, 0.3) is 5.56 Å². The minimum absolute atomic E-state index is 0.0123. The first-order valence-corrected chi connectivity index (χ1v) is 7.26. The third kappa shape index (κ3) is 3.93. The van der Waals surface area contributed by atoms with Crippen LogP contribution >= 0.6 is 15.9 Å². The quantitative estimate of drug-likeness (QED) is 0.858. The third-order valence-corrected chi connectivity index (χ3v) is 3.63. The molecule has 2 heterocycles. The van der Waals surface area contributed by atoms with E-state index in [1.54, 1.807) is 17.2 Å². The van der Waals surface area contributed by atoms with Crippen LogP contribution in [0.25, 0.3) is 0 Å².